The predicted octanol–water partition coefficient (Wildman–Crippen LogP) is 2.92. The molecule has 1 aromatic carbocycles. The molecule has 3 aromatic rings. The van der Waals surface area contributed by atoms with Gasteiger partial charge < -0.3 is 18.9 Å². The highest BCUT2D eigenvalue weighted by Crippen LogP contribution is 2.25. The van der Waals surface area contributed by atoms with Crippen molar-refractivity contribution in [1.82, 2.24) is 10.3 Å². The van der Waals surface area contributed by atoms with Crippen LogP contribution in [0.3, 0.4) is 0 Å². The minimum atomic E-state index is -0.235. The zero-order valence-corrected chi connectivity index (χ0v) is 12.4. The summed E-state index contributed by atoms with van der Waals surface area (Å²) in [4.78, 5) is 16.4. The summed E-state index contributed by atoms with van der Waals surface area (Å²) in [5, 5.41) is 3.51. The number of amides is 1. The summed E-state index contributed by atoms with van der Waals surface area (Å²) in [5.74, 6) is 1.71. The Morgan fingerprint density at radius 2 is 2.27 bits per heavy atom. The highest BCUT2D eigenvalue weighted by atomic mass is 16.5. The Morgan fingerprint density at radius 1 is 1.41 bits per heavy atom. The molecule has 0 aliphatic heterocycles. The van der Waals surface area contributed by atoms with E-state index in [1.807, 2.05) is 6.92 Å². The fraction of sp³-hybridized carbons (Fsp3) is 0.250. The Morgan fingerprint density at radius 3 is 3.00 bits per heavy atom. The highest BCUT2D eigenvalue weighted by Gasteiger charge is 2.15. The molecule has 2 aromatic heterocycles. The smallest absolute Gasteiger partial charge is 0.255 e. The van der Waals surface area contributed by atoms with Gasteiger partial charge in [-0.2, -0.15) is 0 Å². The van der Waals surface area contributed by atoms with Crippen LogP contribution in [-0.2, 0) is 13.0 Å². The first-order valence-corrected chi connectivity index (χ1v) is 6.98. The van der Waals surface area contributed by atoms with E-state index in [0.29, 0.717) is 33.9 Å². The van der Waals surface area contributed by atoms with Crippen molar-refractivity contribution in [2.45, 2.75) is 19.9 Å². The molecule has 0 aliphatic carbocycles. The first-order chi connectivity index (χ1) is 10.7. The number of carbonyl (C=O) groups is 1. The zero-order valence-electron chi connectivity index (χ0n) is 12.4. The van der Waals surface area contributed by atoms with Gasteiger partial charge in [-0.1, -0.05) is 6.92 Å². The van der Waals surface area contributed by atoms with Crippen LogP contribution in [0.2, 0.25) is 0 Å². The van der Waals surface area contributed by atoms with E-state index in [9.17, 15) is 4.79 Å². The normalized spacial score (nSPS) is 10.8. The number of methoxy groups -OCH3 is 1. The van der Waals surface area contributed by atoms with Gasteiger partial charge in [0.15, 0.2) is 5.89 Å². The van der Waals surface area contributed by atoms with Gasteiger partial charge >= 0.3 is 0 Å². The third kappa shape index (κ3) is 2.67. The molecular weight excluding hydrogens is 284 g/mol. The molecule has 6 heteroatoms. The lowest BCUT2D eigenvalue weighted by Gasteiger charge is -2.02. The van der Waals surface area contributed by atoms with E-state index >= 15 is 0 Å². The topological polar surface area (TPSA) is 77.5 Å². The second kappa shape index (κ2) is 5.93. The standard InChI is InChI=1S/C16H16N2O4/c1-3-15-17-7-11(22-15)8-18-16(19)13-9-21-14-5-4-10(20-2)6-12(13)14/h4-7,9H,3,8H2,1-2H3,(H,18,19). The predicted molar refractivity (Wildman–Crippen MR) is 79.8 cm³/mol. The minimum Gasteiger partial charge on any atom is -0.497 e. The number of hydrogen-bond donors (Lipinski definition) is 1. The summed E-state index contributed by atoms with van der Waals surface area (Å²) >= 11 is 0. The second-order valence-electron chi connectivity index (χ2n) is 4.77. The van der Waals surface area contributed by atoms with E-state index in [1.54, 1.807) is 31.5 Å². The average molecular weight is 300 g/mol. The third-order valence-corrected chi connectivity index (χ3v) is 3.35. The summed E-state index contributed by atoms with van der Waals surface area (Å²) in [5.41, 5.74) is 1.10. The number of nitrogens with one attached hydrogen (secondary N) is 1. The molecular formula is C16H16N2O4. The number of ether oxygens (including phenoxy) is 1. The van der Waals surface area contributed by atoms with Crippen molar-refractivity contribution in [3.8, 4) is 5.75 Å². The van der Waals surface area contributed by atoms with Gasteiger partial charge in [0.05, 0.1) is 25.4 Å². The number of furan rings is 1. The van der Waals surface area contributed by atoms with E-state index in [2.05, 4.69) is 10.3 Å². The number of fused-ring (bicyclic) bond motifs is 1. The molecule has 0 saturated heterocycles. The largest absolute Gasteiger partial charge is 0.497 e. The van der Waals surface area contributed by atoms with Gasteiger partial charge in [0.25, 0.3) is 5.91 Å². The molecule has 1 N–H and O–H groups in total. The van der Waals surface area contributed by atoms with Crippen molar-refractivity contribution >= 4 is 16.9 Å². The monoisotopic (exact) mass is 300 g/mol. The second-order valence-corrected chi connectivity index (χ2v) is 4.77. The van der Waals surface area contributed by atoms with E-state index < -0.39 is 0 Å². The maximum absolute atomic E-state index is 12.3. The van der Waals surface area contributed by atoms with Crippen LogP contribution in [0.5, 0.6) is 5.75 Å². The molecule has 2 heterocycles. The maximum Gasteiger partial charge on any atom is 0.255 e. The van der Waals surface area contributed by atoms with Crippen molar-refractivity contribution in [2.75, 3.05) is 7.11 Å². The molecule has 0 radical (unpaired) electrons. The Bertz CT molecular complexity index is 803. The molecule has 0 spiro atoms. The number of benzene rings is 1. The van der Waals surface area contributed by atoms with Gasteiger partial charge in [-0.05, 0) is 18.2 Å². The van der Waals surface area contributed by atoms with Gasteiger partial charge in [0, 0.05) is 11.8 Å². The molecule has 0 atom stereocenters. The van der Waals surface area contributed by atoms with Gasteiger partial charge in [0.1, 0.15) is 23.4 Å². The number of rotatable bonds is 5. The fourth-order valence-electron chi connectivity index (χ4n) is 2.17. The van der Waals surface area contributed by atoms with Crippen molar-refractivity contribution in [3.05, 3.63) is 47.9 Å². The fourth-order valence-corrected chi connectivity index (χ4v) is 2.17. The van der Waals surface area contributed by atoms with E-state index in [4.69, 9.17) is 13.6 Å². The highest BCUT2D eigenvalue weighted by molar-refractivity contribution is 6.06. The van der Waals surface area contributed by atoms with Gasteiger partial charge in [-0.3, -0.25) is 4.79 Å². The van der Waals surface area contributed by atoms with Crippen LogP contribution in [0, 0.1) is 0 Å². The van der Waals surface area contributed by atoms with Gasteiger partial charge in [0.2, 0.25) is 0 Å². The molecule has 0 bridgehead atoms. The summed E-state index contributed by atoms with van der Waals surface area (Å²) in [7, 11) is 1.58. The number of hydrogen-bond acceptors (Lipinski definition) is 5. The zero-order chi connectivity index (χ0) is 15.5. The van der Waals surface area contributed by atoms with Crippen molar-refractivity contribution in [2.24, 2.45) is 0 Å². The number of aryl methyl sites for hydroxylation is 1. The molecule has 6 nitrogen and oxygen atoms in total. The summed E-state index contributed by atoms with van der Waals surface area (Å²) in [6.07, 6.45) is 3.78. The molecule has 0 saturated carbocycles. The first kappa shape index (κ1) is 14.2. The van der Waals surface area contributed by atoms with Crippen LogP contribution < -0.4 is 10.1 Å². The lowest BCUT2D eigenvalue weighted by Crippen LogP contribution is -2.22. The van der Waals surface area contributed by atoms with Gasteiger partial charge in [-0.25, -0.2) is 4.98 Å². The van der Waals surface area contributed by atoms with Crippen LogP contribution in [0.15, 0.2) is 39.5 Å². The number of oxazole rings is 1. The maximum atomic E-state index is 12.3. The van der Waals surface area contributed by atoms with Crippen molar-refractivity contribution < 1.29 is 18.4 Å². The number of nitrogens with zero attached hydrogens (tertiary/aromatic N) is 1. The van der Waals surface area contributed by atoms with Gasteiger partial charge in [-0.15, -0.1) is 0 Å². The Balaban J connectivity index is 1.77. The summed E-state index contributed by atoms with van der Waals surface area (Å²) < 4.78 is 16.0. The van der Waals surface area contributed by atoms with Crippen LogP contribution >= 0.6 is 0 Å². The van der Waals surface area contributed by atoms with Crippen LogP contribution in [0.25, 0.3) is 11.0 Å². The SMILES string of the molecule is CCc1ncc(CNC(=O)c2coc3ccc(OC)cc23)o1. The average Bonchev–Trinajstić information content (AvgIpc) is 3.18. The molecule has 114 valence electrons. The molecule has 0 unspecified atom stereocenters. The van der Waals surface area contributed by atoms with Crippen molar-refractivity contribution in [3.63, 3.8) is 0 Å². The van der Waals surface area contributed by atoms with E-state index in [0.717, 1.165) is 6.42 Å². The Labute approximate surface area is 127 Å². The molecule has 1 amide bonds. The van der Waals surface area contributed by atoms with Crippen LogP contribution in [0.1, 0.15) is 28.9 Å². The lowest BCUT2D eigenvalue weighted by atomic mass is 10.1. The lowest BCUT2D eigenvalue weighted by molar-refractivity contribution is 0.0948. The molecule has 3 rings (SSSR count). The summed E-state index contributed by atoms with van der Waals surface area (Å²) in [6, 6.07) is 5.33. The molecule has 0 aliphatic rings. The van der Waals surface area contributed by atoms with E-state index in [1.165, 1.54) is 6.26 Å². The molecule has 0 fully saturated rings. The Kier molecular flexibility index (Phi) is 3.82. The molecule has 22 heavy (non-hydrogen) atoms. The number of aromatic nitrogens is 1. The Hall–Kier alpha value is -2.76. The summed E-state index contributed by atoms with van der Waals surface area (Å²) in [6.45, 7) is 2.24. The number of carbonyl (C=O) groups excluding carboxylic acids is 1. The first-order valence-electron chi connectivity index (χ1n) is 6.98. The van der Waals surface area contributed by atoms with Crippen molar-refractivity contribution in [1.29, 1.82) is 0 Å². The minimum absolute atomic E-state index is 0.235. The van der Waals surface area contributed by atoms with E-state index in [-0.39, 0.29) is 12.5 Å². The third-order valence-electron chi connectivity index (χ3n) is 3.35. The van der Waals surface area contributed by atoms with Crippen LogP contribution in [-0.4, -0.2) is 18.0 Å². The van der Waals surface area contributed by atoms with Crippen LogP contribution in [0.4, 0.5) is 0 Å². The quantitative estimate of drug-likeness (QED) is 0.784.